The summed E-state index contributed by atoms with van der Waals surface area (Å²) >= 11 is 1.72. The van der Waals surface area contributed by atoms with E-state index in [0.717, 1.165) is 17.7 Å². The summed E-state index contributed by atoms with van der Waals surface area (Å²) in [6.07, 6.45) is 2.07. The van der Waals surface area contributed by atoms with Crippen LogP contribution in [0.4, 0.5) is 0 Å². The van der Waals surface area contributed by atoms with Crippen LogP contribution >= 0.6 is 23.7 Å². The molecule has 23 heavy (non-hydrogen) atoms. The molecule has 0 aliphatic heterocycles. The van der Waals surface area contributed by atoms with Crippen molar-refractivity contribution in [1.82, 2.24) is 5.32 Å². The Labute approximate surface area is 148 Å². The van der Waals surface area contributed by atoms with Crippen LogP contribution < -0.4 is 10.1 Å². The second-order valence-corrected chi connectivity index (χ2v) is 6.19. The molecule has 0 amide bonds. The Bertz CT molecular complexity index is 574. The van der Waals surface area contributed by atoms with Gasteiger partial charge in [-0.05, 0) is 36.4 Å². The zero-order valence-corrected chi connectivity index (χ0v) is 14.9. The molecule has 0 saturated heterocycles. The highest BCUT2D eigenvalue weighted by molar-refractivity contribution is 7.10. The van der Waals surface area contributed by atoms with E-state index >= 15 is 0 Å². The molecule has 3 nitrogen and oxygen atoms in total. The number of rotatable bonds is 9. The third-order valence-electron chi connectivity index (χ3n) is 3.40. The van der Waals surface area contributed by atoms with Crippen molar-refractivity contribution in [3.05, 3.63) is 64.9 Å². The van der Waals surface area contributed by atoms with Crippen LogP contribution in [-0.2, 0) is 6.42 Å². The second-order valence-electron chi connectivity index (χ2n) is 5.21. The Morgan fingerprint density at radius 3 is 2.78 bits per heavy atom. The van der Waals surface area contributed by atoms with Gasteiger partial charge in [0.1, 0.15) is 18.5 Å². The SMILES string of the molecule is C=CCc1ccccc1OCC(O)CNC(C)c1cccs1.Cl. The molecule has 1 heterocycles. The summed E-state index contributed by atoms with van der Waals surface area (Å²) in [4.78, 5) is 1.27. The molecule has 5 heteroatoms. The number of aliphatic hydroxyl groups excluding tert-OH is 1. The zero-order valence-electron chi connectivity index (χ0n) is 13.3. The zero-order chi connectivity index (χ0) is 15.8. The van der Waals surface area contributed by atoms with Gasteiger partial charge in [0.25, 0.3) is 0 Å². The number of para-hydroxylation sites is 1. The molecule has 0 bridgehead atoms. The highest BCUT2D eigenvalue weighted by Crippen LogP contribution is 2.19. The number of halogens is 1. The van der Waals surface area contributed by atoms with Crippen LogP contribution in [-0.4, -0.2) is 24.4 Å². The molecule has 0 aliphatic rings. The van der Waals surface area contributed by atoms with Gasteiger partial charge in [0.05, 0.1) is 0 Å². The lowest BCUT2D eigenvalue weighted by Crippen LogP contribution is -2.32. The minimum Gasteiger partial charge on any atom is -0.491 e. The molecule has 2 unspecified atom stereocenters. The van der Waals surface area contributed by atoms with Crippen molar-refractivity contribution in [1.29, 1.82) is 0 Å². The van der Waals surface area contributed by atoms with Gasteiger partial charge in [0, 0.05) is 17.5 Å². The van der Waals surface area contributed by atoms with Crippen molar-refractivity contribution in [2.45, 2.75) is 25.5 Å². The molecule has 2 N–H and O–H groups in total. The molecule has 126 valence electrons. The molecule has 0 saturated carbocycles. The van der Waals surface area contributed by atoms with E-state index in [1.54, 1.807) is 11.3 Å². The molecule has 0 fully saturated rings. The maximum absolute atomic E-state index is 10.1. The maximum Gasteiger partial charge on any atom is 0.122 e. The first-order valence-electron chi connectivity index (χ1n) is 7.47. The Balaban J connectivity index is 0.00000264. The number of nitrogens with one attached hydrogen (secondary N) is 1. The summed E-state index contributed by atoms with van der Waals surface area (Å²) in [6, 6.07) is 12.2. The quantitative estimate of drug-likeness (QED) is 0.670. The molecule has 1 aromatic carbocycles. The molecule has 2 atom stereocenters. The lowest BCUT2D eigenvalue weighted by molar-refractivity contribution is 0.104. The number of allylic oxidation sites excluding steroid dienone is 1. The Morgan fingerprint density at radius 1 is 1.30 bits per heavy atom. The molecule has 0 aliphatic carbocycles. The largest absolute Gasteiger partial charge is 0.491 e. The average Bonchev–Trinajstić information content (AvgIpc) is 3.06. The lowest BCUT2D eigenvalue weighted by Gasteiger charge is -2.17. The summed E-state index contributed by atoms with van der Waals surface area (Å²) in [5.74, 6) is 0.813. The monoisotopic (exact) mass is 353 g/mol. The first kappa shape index (κ1) is 19.7. The summed E-state index contributed by atoms with van der Waals surface area (Å²) in [5.41, 5.74) is 1.09. The van der Waals surface area contributed by atoms with Gasteiger partial charge in [0.2, 0.25) is 0 Å². The van der Waals surface area contributed by atoms with Crippen molar-refractivity contribution >= 4 is 23.7 Å². The fraction of sp³-hybridized carbons (Fsp3) is 0.333. The summed E-state index contributed by atoms with van der Waals surface area (Å²) in [6.45, 7) is 6.63. The van der Waals surface area contributed by atoms with Crippen molar-refractivity contribution in [3.63, 3.8) is 0 Å². The third kappa shape index (κ3) is 6.36. The van der Waals surface area contributed by atoms with E-state index in [-0.39, 0.29) is 25.1 Å². The third-order valence-corrected chi connectivity index (χ3v) is 4.45. The fourth-order valence-electron chi connectivity index (χ4n) is 2.16. The van der Waals surface area contributed by atoms with E-state index in [4.69, 9.17) is 4.74 Å². The van der Waals surface area contributed by atoms with E-state index in [9.17, 15) is 5.11 Å². The predicted molar refractivity (Wildman–Crippen MR) is 99.8 cm³/mol. The topological polar surface area (TPSA) is 41.5 Å². The van der Waals surface area contributed by atoms with Gasteiger partial charge >= 0.3 is 0 Å². The van der Waals surface area contributed by atoms with Crippen LogP contribution in [0.5, 0.6) is 5.75 Å². The van der Waals surface area contributed by atoms with Gasteiger partial charge in [-0.25, -0.2) is 0 Å². The number of hydrogen-bond donors (Lipinski definition) is 2. The van der Waals surface area contributed by atoms with Gasteiger partial charge in [-0.1, -0.05) is 30.3 Å². The average molecular weight is 354 g/mol. The lowest BCUT2D eigenvalue weighted by atomic mass is 10.1. The number of hydrogen-bond acceptors (Lipinski definition) is 4. The van der Waals surface area contributed by atoms with Crippen LogP contribution in [0, 0.1) is 0 Å². The van der Waals surface area contributed by atoms with E-state index in [0.29, 0.717) is 6.54 Å². The Morgan fingerprint density at radius 2 is 2.09 bits per heavy atom. The van der Waals surface area contributed by atoms with Gasteiger partial charge in [-0.3, -0.25) is 0 Å². The molecule has 0 radical (unpaired) electrons. The first-order valence-corrected chi connectivity index (χ1v) is 8.35. The highest BCUT2D eigenvalue weighted by atomic mass is 35.5. The van der Waals surface area contributed by atoms with E-state index in [1.165, 1.54) is 4.88 Å². The first-order chi connectivity index (χ1) is 10.7. The standard InChI is InChI=1S/C18H23NO2S.ClH/c1-3-7-15-8-4-5-9-17(15)21-13-16(20)12-19-14(2)18-10-6-11-22-18;/h3-6,8-11,14,16,19-20H,1,7,12-13H2,2H3;1H. The van der Waals surface area contributed by atoms with Crippen molar-refractivity contribution < 1.29 is 9.84 Å². The fourth-order valence-corrected chi connectivity index (χ4v) is 2.92. The number of aliphatic hydroxyl groups is 1. The van der Waals surface area contributed by atoms with Crippen LogP contribution in [0.3, 0.4) is 0 Å². The highest BCUT2D eigenvalue weighted by Gasteiger charge is 2.11. The Kier molecular flexibility index (Phi) is 8.95. The summed E-state index contributed by atoms with van der Waals surface area (Å²) in [5, 5.41) is 15.5. The minimum absolute atomic E-state index is 0. The minimum atomic E-state index is -0.542. The molecule has 0 spiro atoms. The van der Waals surface area contributed by atoms with Gasteiger partial charge in [-0.15, -0.1) is 30.3 Å². The molecule has 2 rings (SSSR count). The van der Waals surface area contributed by atoms with Crippen molar-refractivity contribution in [2.24, 2.45) is 0 Å². The van der Waals surface area contributed by atoms with Crippen molar-refractivity contribution in [3.8, 4) is 5.75 Å². The summed E-state index contributed by atoms with van der Waals surface area (Å²) in [7, 11) is 0. The second kappa shape index (κ2) is 10.4. The van der Waals surface area contributed by atoms with Crippen LogP contribution in [0.15, 0.2) is 54.4 Å². The molecular formula is C18H24ClNO2S. The number of ether oxygens (including phenoxy) is 1. The predicted octanol–water partition coefficient (Wildman–Crippen LogP) is 3.99. The van der Waals surface area contributed by atoms with E-state index in [1.807, 2.05) is 36.4 Å². The van der Waals surface area contributed by atoms with Gasteiger partial charge < -0.3 is 15.2 Å². The normalized spacial score (nSPS) is 13.0. The molecule has 1 aromatic heterocycles. The van der Waals surface area contributed by atoms with Crippen LogP contribution in [0.25, 0.3) is 0 Å². The number of benzene rings is 1. The van der Waals surface area contributed by atoms with Crippen molar-refractivity contribution in [2.75, 3.05) is 13.2 Å². The molecular weight excluding hydrogens is 330 g/mol. The maximum atomic E-state index is 10.1. The van der Waals surface area contributed by atoms with E-state index < -0.39 is 6.10 Å². The van der Waals surface area contributed by atoms with Gasteiger partial charge in [0.15, 0.2) is 0 Å². The number of thiophene rings is 1. The Hall–Kier alpha value is -1.33. The van der Waals surface area contributed by atoms with Crippen LogP contribution in [0.2, 0.25) is 0 Å². The smallest absolute Gasteiger partial charge is 0.122 e. The summed E-state index contributed by atoms with van der Waals surface area (Å²) < 4.78 is 5.74. The van der Waals surface area contributed by atoms with Crippen LogP contribution in [0.1, 0.15) is 23.4 Å². The van der Waals surface area contributed by atoms with Gasteiger partial charge in [-0.2, -0.15) is 0 Å². The van der Waals surface area contributed by atoms with E-state index in [2.05, 4.69) is 30.3 Å². The molecule has 2 aromatic rings.